The van der Waals surface area contributed by atoms with Gasteiger partial charge in [-0.25, -0.2) is 45.6 Å². The number of benzene rings is 4. The Labute approximate surface area is 720 Å². The van der Waals surface area contributed by atoms with Gasteiger partial charge in [0, 0.05) is 58.0 Å². The number of nitrogens with zero attached hydrogens (tertiary/aromatic N) is 4. The average Bonchev–Trinajstić information content (AvgIpc) is 1.75. The molecule has 10 atom stereocenters. The van der Waals surface area contributed by atoms with E-state index in [0.29, 0.717) is 93.8 Å². The second-order valence-corrected chi connectivity index (χ2v) is 38.6. The summed E-state index contributed by atoms with van der Waals surface area (Å²) in [6, 6.07) is 20.5. The smallest absolute Gasteiger partial charge is 0.453 e. The number of sulfonamides is 2. The van der Waals surface area contributed by atoms with Crippen molar-refractivity contribution >= 4 is 56.6 Å². The van der Waals surface area contributed by atoms with Crippen molar-refractivity contribution in [2.75, 3.05) is 92.5 Å². The molecule has 37 nitrogen and oxygen atoms in total. The number of rotatable bonds is 32. The molecule has 6 aliphatic rings. The van der Waals surface area contributed by atoms with Crippen molar-refractivity contribution in [1.82, 2.24) is 29.9 Å². The fourth-order valence-corrected chi connectivity index (χ4v) is 16.2. The van der Waals surface area contributed by atoms with Gasteiger partial charge in [0.05, 0.1) is 79.0 Å². The first-order chi connectivity index (χ1) is 57.7. The molecule has 6 aliphatic heterocycles. The van der Waals surface area contributed by atoms with E-state index in [9.17, 15) is 60.9 Å². The highest BCUT2D eigenvalue weighted by molar-refractivity contribution is 7.89. The molecule has 0 bridgehead atoms. The summed E-state index contributed by atoms with van der Waals surface area (Å²) >= 11 is 0. The SMILES string of the molecule is CC(C)(C)OC(=O)N=NC(=O)OC(C)(C)C.CC(C)(C)OC(=O)NCCCCO.CC(C)CN(C[C@@H](O)[C@H](Cc1ccc(O)cc1)NC(=O)O[C@@H]1CO[C@H]2OCC[C@H]21)S(=O)(=O)c1ccc2c(c1)OCO2.CC(C)CN(C[C@@H](O)[C@H](Cc1ccc(OCCCCNC(=O)OC(C)(C)C)cc1)NC(=O)O[C@@H]1CO[C@H]2OCC[C@H]21)S(=O)(=O)c1ccc2c(c1)OCO2. The largest absolute Gasteiger partial charge is 0.508 e. The van der Waals surface area contributed by atoms with Crippen molar-refractivity contribution < 1.29 is 137 Å². The normalized spacial score (nSPS) is 19.3. The molecule has 8 N–H and O–H groups in total. The number of carbonyl (C=O) groups excluding carboxylic acids is 6. The van der Waals surface area contributed by atoms with Gasteiger partial charge in [-0.3, -0.25) is 0 Å². The third-order valence-electron chi connectivity index (χ3n) is 18.4. The van der Waals surface area contributed by atoms with Crippen molar-refractivity contribution in [3.63, 3.8) is 0 Å². The van der Waals surface area contributed by atoms with Crippen LogP contribution in [0.15, 0.2) is 105 Å². The maximum absolute atomic E-state index is 13.9. The average molecular weight is 1780 g/mol. The van der Waals surface area contributed by atoms with Crippen LogP contribution in [0.3, 0.4) is 0 Å². The molecule has 0 saturated carbocycles. The minimum atomic E-state index is -4.09. The highest BCUT2D eigenvalue weighted by atomic mass is 32.2. The van der Waals surface area contributed by atoms with Gasteiger partial charge in [0.15, 0.2) is 35.6 Å². The van der Waals surface area contributed by atoms with E-state index >= 15 is 0 Å². The van der Waals surface area contributed by atoms with Gasteiger partial charge < -0.3 is 113 Å². The Morgan fingerprint density at radius 1 is 0.488 bits per heavy atom. The van der Waals surface area contributed by atoms with Crippen molar-refractivity contribution in [3.05, 3.63) is 96.1 Å². The third-order valence-corrected chi connectivity index (χ3v) is 22.1. The van der Waals surface area contributed by atoms with Gasteiger partial charge in [0.1, 0.15) is 46.1 Å². The van der Waals surface area contributed by atoms with E-state index in [2.05, 4.69) is 31.5 Å². The Morgan fingerprint density at radius 3 is 1.25 bits per heavy atom. The first-order valence-electron chi connectivity index (χ1n) is 41.2. The molecule has 4 saturated heterocycles. The molecule has 0 spiro atoms. The van der Waals surface area contributed by atoms with E-state index < -0.39 is 128 Å². The molecule has 4 aromatic rings. The lowest BCUT2D eigenvalue weighted by Crippen LogP contribution is -2.51. The van der Waals surface area contributed by atoms with Crippen LogP contribution in [0.4, 0.5) is 28.8 Å². The number of phenolic OH excluding ortho intramolecular Hbond substituents is 1. The summed E-state index contributed by atoms with van der Waals surface area (Å²) in [5.74, 6) is 2.01. The first-order valence-corrected chi connectivity index (χ1v) is 44.1. The Bertz CT molecular complexity index is 4280. The zero-order chi connectivity index (χ0) is 90.6. The molecule has 123 heavy (non-hydrogen) atoms. The van der Waals surface area contributed by atoms with Crippen LogP contribution in [0.1, 0.15) is 160 Å². The quantitative estimate of drug-likeness (QED) is 0.0128. The molecule has 0 aromatic heterocycles. The van der Waals surface area contributed by atoms with Gasteiger partial charge in [-0.15, -0.1) is 0 Å². The van der Waals surface area contributed by atoms with Crippen LogP contribution >= 0.6 is 0 Å². The van der Waals surface area contributed by atoms with Crippen molar-refractivity contribution in [2.24, 2.45) is 33.9 Å². The highest BCUT2D eigenvalue weighted by Crippen LogP contribution is 2.39. The highest BCUT2D eigenvalue weighted by Gasteiger charge is 2.46. The fraction of sp³-hybridized carbons (Fsp3) is 0.643. The van der Waals surface area contributed by atoms with Crippen LogP contribution in [0.5, 0.6) is 34.5 Å². The molecular formula is C84H126N8O29S2. The minimum Gasteiger partial charge on any atom is -0.508 e. The van der Waals surface area contributed by atoms with Crippen molar-refractivity contribution in [2.45, 2.75) is 243 Å². The van der Waals surface area contributed by atoms with Gasteiger partial charge >= 0.3 is 36.6 Å². The molecular weight excluding hydrogens is 1650 g/mol. The number of aromatic hydroxyl groups is 1. The number of amides is 6. The predicted octanol–water partition coefficient (Wildman–Crippen LogP) is 11.0. The van der Waals surface area contributed by atoms with Crippen LogP contribution < -0.4 is 45.0 Å². The zero-order valence-corrected chi connectivity index (χ0v) is 74.8. The number of ether oxygens (including phenoxy) is 15. The van der Waals surface area contributed by atoms with E-state index in [1.807, 2.05) is 81.4 Å². The molecule has 10 rings (SSSR count). The Balaban J connectivity index is 0.000000260. The second-order valence-electron chi connectivity index (χ2n) is 34.8. The van der Waals surface area contributed by atoms with Gasteiger partial charge in [-0.1, -0.05) is 62.2 Å². The van der Waals surface area contributed by atoms with Crippen LogP contribution in [0.25, 0.3) is 0 Å². The molecule has 39 heteroatoms. The van der Waals surface area contributed by atoms with E-state index in [0.717, 1.165) is 17.5 Å². The number of phenols is 1. The number of fused-ring (bicyclic) bond motifs is 4. The van der Waals surface area contributed by atoms with Crippen LogP contribution in [0, 0.1) is 23.7 Å². The Hall–Kier alpha value is -9.16. The summed E-state index contributed by atoms with van der Waals surface area (Å²) in [4.78, 5) is 71.2. The standard InChI is InChI=1S/C37H53N3O12S.C28H36N2O10S.C10H18N2O4.C9H19NO3/c1-24(2)20-40(53(44,45)27-12-13-31-32(19-27)50-23-49-31)21-30(41)29(39-36(43)51-33-22-48-34-28(33)14-17-47-34)18-25-8-10-26(11-9-25)46-16-7-6-15-38-35(42)52-37(3,4)5;1-17(2)13-30(41(34,35)20-7-8-24-25(12-20)39-16-38-24)14-23(32)22(11-18-3-5-19(31)6-4-18)29-28(33)40-26-15-37-27-21(26)9-10-36-27;1-9(2,3)15-7(13)11-12-8(14)16-10(4,5)6;1-9(2,3)13-8(12)10-6-4-5-7-11/h8-13,19,24,28-30,33-34,41H,6-7,14-18,20-23H2,1-5H3,(H,38,42)(H,39,43);3-8,12,17,21-23,26-27,31-32H,9-11,13-16H2,1-2H3,(H,29,33);1-6H3;11H,4-7H2,1-3H3,(H,10,12)/t28-,29-,30+,33+,34+;21-,22-,23+,26+,27+;;/m00../s1. The molecule has 688 valence electrons. The first kappa shape index (κ1) is 101. The monoisotopic (exact) mass is 1770 g/mol. The summed E-state index contributed by atoms with van der Waals surface area (Å²) in [6.45, 7) is 31.3. The molecule has 0 unspecified atom stereocenters. The number of hydrogen-bond acceptors (Lipinski definition) is 29. The second kappa shape index (κ2) is 46.7. The summed E-state index contributed by atoms with van der Waals surface area (Å²) in [7, 11) is -8.14. The Kier molecular flexibility index (Phi) is 38.3. The number of azo groups is 1. The lowest BCUT2D eigenvalue weighted by Gasteiger charge is -2.31. The molecule has 0 aliphatic carbocycles. The van der Waals surface area contributed by atoms with Gasteiger partial charge in [-0.2, -0.15) is 8.61 Å². The van der Waals surface area contributed by atoms with Crippen LogP contribution in [-0.4, -0.2) is 246 Å². The summed E-state index contributed by atoms with van der Waals surface area (Å²) in [5.41, 5.74) is -0.837. The maximum atomic E-state index is 13.9. The molecule has 6 heterocycles. The minimum absolute atomic E-state index is 0.000311. The van der Waals surface area contributed by atoms with E-state index in [1.54, 1.807) is 71.9 Å². The molecule has 0 radical (unpaired) electrons. The number of alkyl carbamates (subject to hydrolysis) is 4. The van der Waals surface area contributed by atoms with Crippen molar-refractivity contribution in [3.8, 4) is 34.5 Å². The fourth-order valence-electron chi connectivity index (χ4n) is 12.9. The molecule has 6 amide bonds. The number of carbonyl (C=O) groups is 6. The molecule has 4 aromatic carbocycles. The van der Waals surface area contributed by atoms with Gasteiger partial charge in [-0.05, 0) is 206 Å². The summed E-state index contributed by atoms with van der Waals surface area (Å²) in [5, 5.41) is 58.3. The third kappa shape index (κ3) is 35.1. The molecule has 4 fully saturated rings. The number of aliphatic hydroxyl groups is 3. The number of nitrogens with one attached hydrogen (secondary N) is 4. The van der Waals surface area contributed by atoms with E-state index in [-0.39, 0.29) is 112 Å². The van der Waals surface area contributed by atoms with Crippen LogP contribution in [0.2, 0.25) is 0 Å². The lowest BCUT2D eigenvalue weighted by atomic mass is 10.0. The summed E-state index contributed by atoms with van der Waals surface area (Å²) < 4.78 is 139. The number of unbranched alkanes of at least 4 members (excludes halogenated alkanes) is 2. The van der Waals surface area contributed by atoms with Crippen LogP contribution in [-0.2, 0) is 80.3 Å². The lowest BCUT2D eigenvalue weighted by molar-refractivity contribution is -0.0909. The van der Waals surface area contributed by atoms with E-state index in [1.165, 1.54) is 51.1 Å². The maximum Gasteiger partial charge on any atom is 0.453 e. The van der Waals surface area contributed by atoms with E-state index in [4.69, 9.17) is 76.2 Å². The predicted molar refractivity (Wildman–Crippen MR) is 445 cm³/mol. The van der Waals surface area contributed by atoms with Crippen molar-refractivity contribution in [1.29, 1.82) is 0 Å². The summed E-state index contributed by atoms with van der Waals surface area (Å²) in [6.07, 6.45) is -3.96. The number of hydrogen-bond donors (Lipinski definition) is 8. The van der Waals surface area contributed by atoms with Gasteiger partial charge in [0.2, 0.25) is 33.6 Å². The number of aliphatic hydroxyl groups excluding tert-OH is 3. The Morgan fingerprint density at radius 2 is 0.870 bits per heavy atom. The topological polar surface area (TPSA) is 469 Å². The van der Waals surface area contributed by atoms with Gasteiger partial charge in [0.25, 0.3) is 0 Å². The zero-order valence-electron chi connectivity index (χ0n) is 73.2.